The Morgan fingerprint density at radius 2 is 1.73 bits per heavy atom. The van der Waals surface area contributed by atoms with Gasteiger partial charge in [0, 0.05) is 19.0 Å². The molecule has 0 radical (unpaired) electrons. The molecule has 2 aliphatic rings. The molecule has 0 bridgehead atoms. The molecular weight excluding hydrogens is 368 g/mol. The number of rotatable bonds is 5. The summed E-state index contributed by atoms with van der Waals surface area (Å²) in [4.78, 5) is 14.8. The molecule has 154 valence electrons. The molecule has 3 heteroatoms. The molecule has 5 rings (SSSR count). The molecule has 3 nitrogen and oxygen atoms in total. The zero-order chi connectivity index (χ0) is 20.5. The number of piperidine rings is 1. The van der Waals surface area contributed by atoms with Gasteiger partial charge in [0.15, 0.2) is 0 Å². The molecule has 3 unspecified atom stereocenters. The molecular formula is C27H30N2O. The Kier molecular flexibility index (Phi) is 5.30. The van der Waals surface area contributed by atoms with Crippen molar-refractivity contribution in [1.29, 1.82) is 0 Å². The van der Waals surface area contributed by atoms with Crippen LogP contribution in [-0.2, 0) is 11.2 Å². The second kappa shape index (κ2) is 8.23. The van der Waals surface area contributed by atoms with Gasteiger partial charge in [-0.15, -0.1) is 0 Å². The quantitative estimate of drug-likeness (QED) is 0.673. The van der Waals surface area contributed by atoms with Crippen LogP contribution in [0.3, 0.4) is 0 Å². The van der Waals surface area contributed by atoms with E-state index in [4.69, 9.17) is 0 Å². The lowest BCUT2D eigenvalue weighted by atomic mass is 9.86. The van der Waals surface area contributed by atoms with Gasteiger partial charge < -0.3 is 5.32 Å². The van der Waals surface area contributed by atoms with E-state index in [2.05, 4.69) is 83.9 Å². The fourth-order valence-corrected chi connectivity index (χ4v) is 5.59. The fourth-order valence-electron chi connectivity index (χ4n) is 5.59. The van der Waals surface area contributed by atoms with Crippen molar-refractivity contribution in [3.8, 4) is 0 Å². The lowest BCUT2D eigenvalue weighted by molar-refractivity contribution is -0.128. The topological polar surface area (TPSA) is 32.3 Å². The van der Waals surface area contributed by atoms with E-state index >= 15 is 0 Å². The third-order valence-corrected chi connectivity index (χ3v) is 7.19. The van der Waals surface area contributed by atoms with Crippen molar-refractivity contribution in [3.63, 3.8) is 0 Å². The van der Waals surface area contributed by atoms with E-state index in [1.54, 1.807) is 0 Å². The minimum absolute atomic E-state index is 0.0846. The molecule has 0 aromatic heterocycles. The molecule has 3 aromatic carbocycles. The van der Waals surface area contributed by atoms with E-state index in [0.29, 0.717) is 11.8 Å². The summed E-state index contributed by atoms with van der Waals surface area (Å²) in [6.45, 7) is 5.16. The van der Waals surface area contributed by atoms with E-state index in [0.717, 1.165) is 38.9 Å². The first-order chi connectivity index (χ1) is 14.7. The first-order valence-electron chi connectivity index (χ1n) is 11.3. The number of likely N-dealkylation sites (tertiary alicyclic amines) is 1. The molecule has 30 heavy (non-hydrogen) atoms. The van der Waals surface area contributed by atoms with Gasteiger partial charge in [0.05, 0.1) is 6.04 Å². The van der Waals surface area contributed by atoms with E-state index in [1.165, 1.54) is 27.5 Å². The van der Waals surface area contributed by atoms with E-state index < -0.39 is 0 Å². The lowest BCUT2D eigenvalue weighted by Crippen LogP contribution is -2.51. The van der Waals surface area contributed by atoms with Gasteiger partial charge >= 0.3 is 0 Å². The largest absolute Gasteiger partial charge is 0.355 e. The minimum atomic E-state index is 0.0846. The molecule has 1 amide bonds. The van der Waals surface area contributed by atoms with Crippen LogP contribution in [0.25, 0.3) is 10.8 Å². The maximum atomic E-state index is 12.4. The van der Waals surface area contributed by atoms with Crippen LogP contribution in [0.5, 0.6) is 0 Å². The van der Waals surface area contributed by atoms with E-state index in [1.807, 2.05) is 0 Å². The van der Waals surface area contributed by atoms with Gasteiger partial charge in [-0.1, -0.05) is 73.7 Å². The van der Waals surface area contributed by atoms with Crippen molar-refractivity contribution in [2.45, 2.75) is 38.1 Å². The average molecular weight is 399 g/mol. The summed E-state index contributed by atoms with van der Waals surface area (Å²) in [5, 5.41) is 5.70. The highest BCUT2D eigenvalue weighted by Gasteiger charge is 2.40. The van der Waals surface area contributed by atoms with Crippen LogP contribution in [-0.4, -0.2) is 36.5 Å². The molecule has 2 heterocycles. The zero-order valence-electron chi connectivity index (χ0n) is 17.7. The van der Waals surface area contributed by atoms with Crippen LogP contribution in [0.1, 0.15) is 42.4 Å². The molecule has 0 saturated carbocycles. The Morgan fingerprint density at radius 3 is 2.67 bits per heavy atom. The second-order valence-corrected chi connectivity index (χ2v) is 8.85. The normalized spacial score (nSPS) is 22.6. The number of hydrogen-bond acceptors (Lipinski definition) is 2. The van der Waals surface area contributed by atoms with Gasteiger partial charge in [0.25, 0.3) is 0 Å². The highest BCUT2D eigenvalue weighted by Crippen LogP contribution is 2.33. The summed E-state index contributed by atoms with van der Waals surface area (Å²) in [5.41, 5.74) is 4.18. The molecule has 3 aromatic rings. The maximum Gasteiger partial charge on any atom is 0.237 e. The second-order valence-electron chi connectivity index (χ2n) is 8.85. The highest BCUT2D eigenvalue weighted by atomic mass is 16.2. The standard InChI is InChI=1S/C27H30N2O/c1-19(24-12-6-9-20-7-3-5-11-25(20)24)23-10-4-2-8-21(23)14-17-29-18-15-22-13-16-28-27(30)26(22)29/h2-12,19,22,26H,13-18H2,1H3,(H,28,30). The third-order valence-electron chi connectivity index (χ3n) is 7.19. The Balaban J connectivity index is 1.39. The number of hydrogen-bond donors (Lipinski definition) is 1. The minimum Gasteiger partial charge on any atom is -0.355 e. The number of nitrogens with zero attached hydrogens (tertiary/aromatic N) is 1. The summed E-state index contributed by atoms with van der Waals surface area (Å²) in [6.07, 6.45) is 3.27. The monoisotopic (exact) mass is 398 g/mol. The van der Waals surface area contributed by atoms with Gasteiger partial charge in [0.1, 0.15) is 0 Å². The molecule has 1 N–H and O–H groups in total. The highest BCUT2D eigenvalue weighted by molar-refractivity contribution is 5.86. The van der Waals surface area contributed by atoms with E-state index in [9.17, 15) is 4.79 Å². The lowest BCUT2D eigenvalue weighted by Gasteiger charge is -2.31. The van der Waals surface area contributed by atoms with Crippen molar-refractivity contribution in [2.24, 2.45) is 5.92 Å². The Labute approximate surface area is 179 Å². The van der Waals surface area contributed by atoms with Crippen LogP contribution in [0.4, 0.5) is 0 Å². The number of benzene rings is 3. The smallest absolute Gasteiger partial charge is 0.237 e. The van der Waals surface area contributed by atoms with Crippen molar-refractivity contribution in [3.05, 3.63) is 83.4 Å². The molecule has 0 aliphatic carbocycles. The molecule has 2 saturated heterocycles. The zero-order valence-corrected chi connectivity index (χ0v) is 17.7. The fraction of sp³-hybridized carbons (Fsp3) is 0.370. The number of carbonyl (C=O) groups is 1. The number of fused-ring (bicyclic) bond motifs is 2. The van der Waals surface area contributed by atoms with Gasteiger partial charge in [-0.2, -0.15) is 0 Å². The summed E-state index contributed by atoms with van der Waals surface area (Å²) < 4.78 is 0. The Bertz CT molecular complexity index is 1050. The van der Waals surface area contributed by atoms with Crippen molar-refractivity contribution >= 4 is 16.7 Å². The van der Waals surface area contributed by atoms with Crippen LogP contribution in [0.2, 0.25) is 0 Å². The molecule has 2 aliphatic heterocycles. The third kappa shape index (κ3) is 3.52. The predicted octanol–water partition coefficient (Wildman–Crippen LogP) is 4.74. The average Bonchev–Trinajstić information content (AvgIpc) is 3.21. The van der Waals surface area contributed by atoms with Gasteiger partial charge in [-0.3, -0.25) is 9.69 Å². The number of carbonyl (C=O) groups excluding carboxylic acids is 1. The summed E-state index contributed by atoms with van der Waals surface area (Å²) in [7, 11) is 0. The van der Waals surface area contributed by atoms with Gasteiger partial charge in [-0.25, -0.2) is 0 Å². The predicted molar refractivity (Wildman–Crippen MR) is 123 cm³/mol. The number of amides is 1. The summed E-state index contributed by atoms with van der Waals surface area (Å²) in [5.74, 6) is 1.11. The molecule has 3 atom stereocenters. The summed E-state index contributed by atoms with van der Waals surface area (Å²) in [6, 6.07) is 24.2. The molecule has 0 spiro atoms. The van der Waals surface area contributed by atoms with E-state index in [-0.39, 0.29) is 11.9 Å². The van der Waals surface area contributed by atoms with Crippen LogP contribution in [0.15, 0.2) is 66.7 Å². The van der Waals surface area contributed by atoms with Gasteiger partial charge in [0.2, 0.25) is 5.91 Å². The van der Waals surface area contributed by atoms with Crippen molar-refractivity contribution in [1.82, 2.24) is 10.2 Å². The van der Waals surface area contributed by atoms with Crippen LogP contribution >= 0.6 is 0 Å². The number of nitrogens with one attached hydrogen (secondary N) is 1. The Hall–Kier alpha value is -2.65. The molecule has 2 fully saturated rings. The first-order valence-corrected chi connectivity index (χ1v) is 11.3. The maximum absolute atomic E-state index is 12.4. The van der Waals surface area contributed by atoms with Gasteiger partial charge in [-0.05, 0) is 59.2 Å². The SMILES string of the molecule is CC(c1ccccc1CCN1CCC2CCNC(=O)C21)c1cccc2ccccc12. The Morgan fingerprint density at radius 1 is 0.967 bits per heavy atom. The van der Waals surface area contributed by atoms with Crippen LogP contribution < -0.4 is 5.32 Å². The van der Waals surface area contributed by atoms with Crippen molar-refractivity contribution < 1.29 is 4.79 Å². The van der Waals surface area contributed by atoms with Crippen LogP contribution in [0, 0.1) is 5.92 Å². The first kappa shape index (κ1) is 19.3. The summed E-state index contributed by atoms with van der Waals surface area (Å²) >= 11 is 0. The van der Waals surface area contributed by atoms with Crippen molar-refractivity contribution in [2.75, 3.05) is 19.6 Å².